The van der Waals surface area contributed by atoms with Crippen molar-refractivity contribution in [1.82, 2.24) is 0 Å². The SMILES string of the molecule is Cc1cc(C(N)c2cc(C)c(F)cc2Cl)ccc1F. The van der Waals surface area contributed by atoms with Crippen LogP contribution < -0.4 is 5.73 Å². The molecule has 0 saturated heterocycles. The number of hydrogen-bond donors (Lipinski definition) is 1. The van der Waals surface area contributed by atoms with Crippen molar-refractivity contribution in [2.75, 3.05) is 0 Å². The predicted octanol–water partition coefficient (Wildman–Crippen LogP) is 4.28. The Morgan fingerprint density at radius 2 is 1.63 bits per heavy atom. The molecule has 0 heterocycles. The zero-order chi connectivity index (χ0) is 14.2. The standard InChI is InChI=1S/C15H14ClF2N/c1-8-5-10(3-4-13(8)17)15(19)11-6-9(2)14(18)7-12(11)16/h3-7,15H,19H2,1-2H3. The highest BCUT2D eigenvalue weighted by Crippen LogP contribution is 2.29. The Labute approximate surface area is 116 Å². The van der Waals surface area contributed by atoms with E-state index in [2.05, 4.69) is 0 Å². The second-order valence-electron chi connectivity index (χ2n) is 4.61. The van der Waals surface area contributed by atoms with Gasteiger partial charge in [-0.3, -0.25) is 0 Å². The lowest BCUT2D eigenvalue weighted by Gasteiger charge is -2.16. The Kier molecular flexibility index (Phi) is 3.88. The van der Waals surface area contributed by atoms with Gasteiger partial charge in [-0.1, -0.05) is 23.7 Å². The molecule has 4 heteroatoms. The summed E-state index contributed by atoms with van der Waals surface area (Å²) in [5, 5.41) is 0.276. The van der Waals surface area contributed by atoms with Crippen molar-refractivity contribution in [3.8, 4) is 0 Å². The summed E-state index contributed by atoms with van der Waals surface area (Å²) in [4.78, 5) is 0. The Morgan fingerprint density at radius 1 is 1.00 bits per heavy atom. The van der Waals surface area contributed by atoms with Gasteiger partial charge in [0, 0.05) is 5.02 Å². The average Bonchev–Trinajstić information content (AvgIpc) is 2.36. The quantitative estimate of drug-likeness (QED) is 0.873. The molecule has 19 heavy (non-hydrogen) atoms. The van der Waals surface area contributed by atoms with E-state index in [9.17, 15) is 8.78 Å². The van der Waals surface area contributed by atoms with Gasteiger partial charge in [-0.2, -0.15) is 0 Å². The highest BCUT2D eigenvalue weighted by atomic mass is 35.5. The molecule has 1 nitrogen and oxygen atoms in total. The molecule has 0 aliphatic heterocycles. The van der Waals surface area contributed by atoms with Gasteiger partial charge in [-0.05, 0) is 54.3 Å². The summed E-state index contributed by atoms with van der Waals surface area (Å²) in [6.07, 6.45) is 0. The Hall–Kier alpha value is -1.45. The minimum Gasteiger partial charge on any atom is -0.320 e. The molecule has 0 aromatic heterocycles. The molecule has 100 valence electrons. The van der Waals surface area contributed by atoms with Crippen molar-refractivity contribution in [3.05, 3.63) is 69.2 Å². The number of benzene rings is 2. The third kappa shape index (κ3) is 2.77. The van der Waals surface area contributed by atoms with E-state index in [-0.39, 0.29) is 16.7 Å². The maximum atomic E-state index is 13.4. The van der Waals surface area contributed by atoms with Gasteiger partial charge in [-0.15, -0.1) is 0 Å². The first-order valence-electron chi connectivity index (χ1n) is 5.87. The maximum absolute atomic E-state index is 13.4. The van der Waals surface area contributed by atoms with E-state index >= 15 is 0 Å². The van der Waals surface area contributed by atoms with Crippen LogP contribution in [0, 0.1) is 25.5 Å². The molecule has 0 spiro atoms. The third-order valence-corrected chi connectivity index (χ3v) is 3.48. The largest absolute Gasteiger partial charge is 0.320 e. The van der Waals surface area contributed by atoms with Crippen molar-refractivity contribution in [2.24, 2.45) is 5.73 Å². The highest BCUT2D eigenvalue weighted by molar-refractivity contribution is 6.31. The molecule has 0 bridgehead atoms. The predicted molar refractivity (Wildman–Crippen MR) is 73.3 cm³/mol. The van der Waals surface area contributed by atoms with Crippen LogP contribution in [0.2, 0.25) is 5.02 Å². The molecule has 1 atom stereocenters. The van der Waals surface area contributed by atoms with Crippen LogP contribution in [0.25, 0.3) is 0 Å². The molecular weight excluding hydrogens is 268 g/mol. The fourth-order valence-corrected chi connectivity index (χ4v) is 2.23. The van der Waals surface area contributed by atoms with Crippen LogP contribution in [0.3, 0.4) is 0 Å². The molecule has 2 aromatic carbocycles. The van der Waals surface area contributed by atoms with Crippen LogP contribution in [0.4, 0.5) is 8.78 Å². The van der Waals surface area contributed by atoms with E-state index in [4.69, 9.17) is 17.3 Å². The molecular formula is C15H14ClF2N. The molecule has 1 unspecified atom stereocenters. The topological polar surface area (TPSA) is 26.0 Å². The number of hydrogen-bond acceptors (Lipinski definition) is 1. The normalized spacial score (nSPS) is 12.5. The Balaban J connectivity index is 2.46. The fourth-order valence-electron chi connectivity index (χ4n) is 1.96. The van der Waals surface area contributed by atoms with Crippen LogP contribution in [0.15, 0.2) is 30.3 Å². The van der Waals surface area contributed by atoms with Crippen molar-refractivity contribution in [3.63, 3.8) is 0 Å². The first-order valence-corrected chi connectivity index (χ1v) is 6.25. The molecule has 0 aliphatic carbocycles. The van der Waals surface area contributed by atoms with Crippen LogP contribution >= 0.6 is 11.6 Å². The molecule has 2 N–H and O–H groups in total. The number of halogens is 3. The van der Waals surface area contributed by atoms with E-state index in [0.29, 0.717) is 16.7 Å². The van der Waals surface area contributed by atoms with Gasteiger partial charge in [0.15, 0.2) is 0 Å². The van der Waals surface area contributed by atoms with Crippen LogP contribution in [0.5, 0.6) is 0 Å². The van der Waals surface area contributed by atoms with E-state index in [1.165, 1.54) is 12.1 Å². The summed E-state index contributed by atoms with van der Waals surface area (Å²) in [6, 6.07) is 7.03. The zero-order valence-corrected chi connectivity index (χ0v) is 11.4. The first kappa shape index (κ1) is 14.0. The number of aryl methyl sites for hydroxylation is 2. The summed E-state index contributed by atoms with van der Waals surface area (Å²) in [5.74, 6) is -0.645. The summed E-state index contributed by atoms with van der Waals surface area (Å²) < 4.78 is 26.6. The van der Waals surface area contributed by atoms with E-state index in [1.807, 2.05) is 0 Å². The van der Waals surface area contributed by atoms with E-state index < -0.39 is 6.04 Å². The second kappa shape index (κ2) is 5.27. The molecule has 0 fully saturated rings. The van der Waals surface area contributed by atoms with E-state index in [1.54, 1.807) is 32.0 Å². The summed E-state index contributed by atoms with van der Waals surface area (Å²) in [5.41, 5.74) is 8.50. The Bertz CT molecular complexity index is 626. The first-order chi connectivity index (χ1) is 8.90. The Morgan fingerprint density at radius 3 is 2.26 bits per heavy atom. The van der Waals surface area contributed by atoms with Crippen LogP contribution in [-0.4, -0.2) is 0 Å². The lowest BCUT2D eigenvalue weighted by atomic mass is 9.96. The molecule has 2 rings (SSSR count). The van der Waals surface area contributed by atoms with Gasteiger partial charge in [0.2, 0.25) is 0 Å². The molecule has 0 amide bonds. The summed E-state index contributed by atoms with van der Waals surface area (Å²) in [6.45, 7) is 3.32. The van der Waals surface area contributed by atoms with Gasteiger partial charge in [-0.25, -0.2) is 8.78 Å². The van der Waals surface area contributed by atoms with Crippen LogP contribution in [0.1, 0.15) is 28.3 Å². The number of rotatable bonds is 2. The monoisotopic (exact) mass is 281 g/mol. The minimum absolute atomic E-state index is 0.276. The maximum Gasteiger partial charge on any atom is 0.127 e. The third-order valence-electron chi connectivity index (χ3n) is 3.15. The summed E-state index contributed by atoms with van der Waals surface area (Å²) in [7, 11) is 0. The van der Waals surface area contributed by atoms with Gasteiger partial charge in [0.05, 0.1) is 6.04 Å². The smallest absolute Gasteiger partial charge is 0.127 e. The lowest BCUT2D eigenvalue weighted by molar-refractivity contribution is 0.615. The van der Waals surface area contributed by atoms with Crippen molar-refractivity contribution < 1.29 is 8.78 Å². The zero-order valence-electron chi connectivity index (χ0n) is 10.7. The summed E-state index contributed by atoms with van der Waals surface area (Å²) >= 11 is 6.02. The van der Waals surface area contributed by atoms with Gasteiger partial charge in [0.25, 0.3) is 0 Å². The van der Waals surface area contributed by atoms with E-state index in [0.717, 1.165) is 5.56 Å². The van der Waals surface area contributed by atoms with Crippen molar-refractivity contribution >= 4 is 11.6 Å². The highest BCUT2D eigenvalue weighted by Gasteiger charge is 2.15. The van der Waals surface area contributed by atoms with Gasteiger partial charge in [0.1, 0.15) is 11.6 Å². The van der Waals surface area contributed by atoms with Gasteiger partial charge >= 0.3 is 0 Å². The molecule has 0 saturated carbocycles. The number of nitrogens with two attached hydrogens (primary N) is 1. The molecule has 0 radical (unpaired) electrons. The van der Waals surface area contributed by atoms with Crippen LogP contribution in [-0.2, 0) is 0 Å². The molecule has 2 aromatic rings. The van der Waals surface area contributed by atoms with Crippen molar-refractivity contribution in [2.45, 2.75) is 19.9 Å². The second-order valence-corrected chi connectivity index (χ2v) is 5.02. The fraction of sp³-hybridized carbons (Fsp3) is 0.200. The lowest BCUT2D eigenvalue weighted by Crippen LogP contribution is -2.13. The van der Waals surface area contributed by atoms with Crippen molar-refractivity contribution in [1.29, 1.82) is 0 Å². The van der Waals surface area contributed by atoms with Gasteiger partial charge < -0.3 is 5.73 Å². The minimum atomic E-state index is -0.508. The molecule has 0 aliphatic rings. The average molecular weight is 282 g/mol.